The SMILES string of the molecule is C=CN(CC)/C(C(C)=O)=C(/C)CC(C)OC. The molecule has 0 heterocycles. The minimum absolute atomic E-state index is 0.0718. The summed E-state index contributed by atoms with van der Waals surface area (Å²) in [5.74, 6) is 0.0718. The van der Waals surface area contributed by atoms with Crippen molar-refractivity contribution in [1.29, 1.82) is 0 Å². The molecule has 0 aromatic carbocycles. The second-order valence-electron chi connectivity index (χ2n) is 3.90. The third-order valence-electron chi connectivity index (χ3n) is 2.58. The molecule has 0 aromatic rings. The van der Waals surface area contributed by atoms with E-state index in [2.05, 4.69) is 6.58 Å². The van der Waals surface area contributed by atoms with Gasteiger partial charge in [0.1, 0.15) is 0 Å². The van der Waals surface area contributed by atoms with Gasteiger partial charge in [-0.15, -0.1) is 0 Å². The number of carbonyl (C=O) groups excluding carboxylic acids is 1. The minimum Gasteiger partial charge on any atom is -0.381 e. The molecular weight excluding hydrogens is 202 g/mol. The van der Waals surface area contributed by atoms with Crippen LogP contribution in [-0.2, 0) is 9.53 Å². The molecule has 92 valence electrons. The van der Waals surface area contributed by atoms with E-state index in [0.717, 1.165) is 24.2 Å². The summed E-state index contributed by atoms with van der Waals surface area (Å²) in [6.07, 6.45) is 2.57. The van der Waals surface area contributed by atoms with E-state index in [1.165, 1.54) is 0 Å². The molecule has 0 rings (SSSR count). The van der Waals surface area contributed by atoms with Crippen molar-refractivity contribution in [3.05, 3.63) is 24.0 Å². The van der Waals surface area contributed by atoms with Crippen molar-refractivity contribution in [3.8, 4) is 0 Å². The van der Waals surface area contributed by atoms with Crippen LogP contribution in [0.15, 0.2) is 24.0 Å². The van der Waals surface area contributed by atoms with Crippen LogP contribution < -0.4 is 0 Å². The van der Waals surface area contributed by atoms with Crippen molar-refractivity contribution in [2.45, 2.75) is 40.2 Å². The molecule has 0 bridgehead atoms. The van der Waals surface area contributed by atoms with Gasteiger partial charge in [0.2, 0.25) is 0 Å². The lowest BCUT2D eigenvalue weighted by Crippen LogP contribution is -2.23. The number of nitrogens with zero attached hydrogens (tertiary/aromatic N) is 1. The Labute approximate surface area is 98.8 Å². The number of methoxy groups -OCH3 is 1. The molecule has 0 spiro atoms. The summed E-state index contributed by atoms with van der Waals surface area (Å²) >= 11 is 0. The maximum atomic E-state index is 11.6. The first kappa shape index (κ1) is 14.9. The molecule has 16 heavy (non-hydrogen) atoms. The molecule has 1 atom stereocenters. The maximum Gasteiger partial charge on any atom is 0.176 e. The van der Waals surface area contributed by atoms with Crippen molar-refractivity contribution in [3.63, 3.8) is 0 Å². The summed E-state index contributed by atoms with van der Waals surface area (Å²) in [6, 6.07) is 0. The quantitative estimate of drug-likeness (QED) is 0.624. The van der Waals surface area contributed by atoms with Gasteiger partial charge >= 0.3 is 0 Å². The first-order valence-electron chi connectivity index (χ1n) is 5.60. The van der Waals surface area contributed by atoms with Gasteiger partial charge in [0.25, 0.3) is 0 Å². The Bertz CT molecular complexity index is 282. The van der Waals surface area contributed by atoms with E-state index < -0.39 is 0 Å². The molecular formula is C13H23NO2. The Balaban J connectivity index is 5.06. The number of likely N-dealkylation sites (N-methyl/N-ethyl adjacent to an activating group) is 1. The van der Waals surface area contributed by atoms with Gasteiger partial charge in [0.05, 0.1) is 11.8 Å². The average molecular weight is 225 g/mol. The van der Waals surface area contributed by atoms with Gasteiger partial charge in [-0.05, 0) is 39.0 Å². The first-order valence-corrected chi connectivity index (χ1v) is 5.60. The molecule has 1 unspecified atom stereocenters. The standard InChI is InChI=1S/C13H23NO2/c1-7-14(8-2)13(12(5)15)10(3)9-11(4)16-6/h7,11H,1,8-9H2,2-6H3/b13-10-. The normalized spacial score (nSPS) is 14.1. The molecule has 0 saturated carbocycles. The van der Waals surface area contributed by atoms with Crippen molar-refractivity contribution >= 4 is 5.78 Å². The highest BCUT2D eigenvalue weighted by atomic mass is 16.5. The van der Waals surface area contributed by atoms with E-state index >= 15 is 0 Å². The molecule has 3 heteroatoms. The average Bonchev–Trinajstić information content (AvgIpc) is 2.24. The van der Waals surface area contributed by atoms with Crippen molar-refractivity contribution in [1.82, 2.24) is 4.90 Å². The second kappa shape index (κ2) is 7.23. The predicted molar refractivity (Wildman–Crippen MR) is 67.0 cm³/mol. The number of carbonyl (C=O) groups is 1. The highest BCUT2D eigenvalue weighted by Crippen LogP contribution is 2.17. The Hall–Kier alpha value is -1.09. The molecule has 0 amide bonds. The fourth-order valence-corrected chi connectivity index (χ4v) is 1.74. The van der Waals surface area contributed by atoms with E-state index in [0.29, 0.717) is 0 Å². The molecule has 0 aromatic heterocycles. The fourth-order valence-electron chi connectivity index (χ4n) is 1.74. The lowest BCUT2D eigenvalue weighted by molar-refractivity contribution is -0.114. The van der Waals surface area contributed by atoms with Crippen molar-refractivity contribution in [2.24, 2.45) is 0 Å². The van der Waals surface area contributed by atoms with Crippen LogP contribution in [0.3, 0.4) is 0 Å². The summed E-state index contributed by atoms with van der Waals surface area (Å²) in [7, 11) is 1.68. The molecule has 0 N–H and O–H groups in total. The van der Waals surface area contributed by atoms with Crippen molar-refractivity contribution in [2.75, 3.05) is 13.7 Å². The highest BCUT2D eigenvalue weighted by Gasteiger charge is 2.15. The second-order valence-corrected chi connectivity index (χ2v) is 3.90. The first-order chi connectivity index (χ1) is 7.47. The monoisotopic (exact) mass is 225 g/mol. The molecule has 3 nitrogen and oxygen atoms in total. The predicted octanol–water partition coefficient (Wildman–Crippen LogP) is 2.74. The smallest absolute Gasteiger partial charge is 0.176 e. The van der Waals surface area contributed by atoms with Gasteiger partial charge in [-0.2, -0.15) is 0 Å². The van der Waals surface area contributed by atoms with Gasteiger partial charge in [0, 0.05) is 20.6 Å². The number of Topliss-reactive ketones (excluding diaryl/α,β-unsaturated/α-hetero) is 1. The van der Waals surface area contributed by atoms with E-state index in [1.54, 1.807) is 20.2 Å². The number of allylic oxidation sites excluding steroid dienone is 1. The van der Waals surface area contributed by atoms with Crippen LogP contribution in [0.2, 0.25) is 0 Å². The van der Waals surface area contributed by atoms with Crippen LogP contribution >= 0.6 is 0 Å². The molecule has 0 fully saturated rings. The zero-order valence-corrected chi connectivity index (χ0v) is 11.0. The highest BCUT2D eigenvalue weighted by molar-refractivity contribution is 5.93. The zero-order valence-electron chi connectivity index (χ0n) is 11.0. The van der Waals surface area contributed by atoms with E-state index in [1.807, 2.05) is 25.7 Å². The zero-order chi connectivity index (χ0) is 12.7. The van der Waals surface area contributed by atoms with Crippen LogP contribution in [0, 0.1) is 0 Å². The Morgan fingerprint density at radius 2 is 2.06 bits per heavy atom. The van der Waals surface area contributed by atoms with Gasteiger partial charge in [-0.25, -0.2) is 0 Å². The largest absolute Gasteiger partial charge is 0.381 e. The van der Waals surface area contributed by atoms with Gasteiger partial charge in [0.15, 0.2) is 5.78 Å². The minimum atomic E-state index is 0.0718. The number of ether oxygens (including phenoxy) is 1. The summed E-state index contributed by atoms with van der Waals surface area (Å²) in [4.78, 5) is 13.5. The lowest BCUT2D eigenvalue weighted by Gasteiger charge is -2.23. The number of rotatable bonds is 7. The third-order valence-corrected chi connectivity index (χ3v) is 2.58. The van der Waals surface area contributed by atoms with Crippen LogP contribution in [0.1, 0.15) is 34.1 Å². The summed E-state index contributed by atoms with van der Waals surface area (Å²) in [5, 5.41) is 0. The van der Waals surface area contributed by atoms with Gasteiger partial charge < -0.3 is 9.64 Å². The Kier molecular flexibility index (Phi) is 6.74. The number of hydrogen-bond donors (Lipinski definition) is 0. The number of hydrogen-bond acceptors (Lipinski definition) is 3. The van der Waals surface area contributed by atoms with E-state index in [9.17, 15) is 4.79 Å². The van der Waals surface area contributed by atoms with Gasteiger partial charge in [-0.3, -0.25) is 4.79 Å². The van der Waals surface area contributed by atoms with Crippen LogP contribution in [0.4, 0.5) is 0 Å². The van der Waals surface area contributed by atoms with Crippen LogP contribution in [0.5, 0.6) is 0 Å². The third kappa shape index (κ3) is 4.19. The summed E-state index contributed by atoms with van der Waals surface area (Å²) < 4.78 is 5.21. The molecule has 0 saturated heterocycles. The Morgan fingerprint density at radius 1 is 1.50 bits per heavy atom. The summed E-state index contributed by atoms with van der Waals surface area (Å²) in [6.45, 7) is 12.0. The molecule has 0 aliphatic rings. The molecule has 0 aliphatic heterocycles. The van der Waals surface area contributed by atoms with E-state index in [-0.39, 0.29) is 11.9 Å². The maximum absolute atomic E-state index is 11.6. The fraction of sp³-hybridized carbons (Fsp3) is 0.615. The lowest BCUT2D eigenvalue weighted by atomic mass is 10.1. The van der Waals surface area contributed by atoms with Gasteiger partial charge in [-0.1, -0.05) is 6.58 Å². The van der Waals surface area contributed by atoms with E-state index in [4.69, 9.17) is 4.74 Å². The van der Waals surface area contributed by atoms with Crippen LogP contribution in [0.25, 0.3) is 0 Å². The van der Waals surface area contributed by atoms with Crippen molar-refractivity contribution < 1.29 is 9.53 Å². The topological polar surface area (TPSA) is 29.5 Å². The summed E-state index contributed by atoms with van der Waals surface area (Å²) in [5.41, 5.74) is 1.78. The molecule has 0 aliphatic carbocycles. The Morgan fingerprint density at radius 3 is 2.38 bits per heavy atom. The molecule has 0 radical (unpaired) electrons. The van der Waals surface area contributed by atoms with Crippen LogP contribution in [-0.4, -0.2) is 30.4 Å². The number of ketones is 1.